The minimum absolute atomic E-state index is 0.630. The van der Waals surface area contributed by atoms with E-state index in [1.54, 1.807) is 0 Å². The molecule has 0 aromatic heterocycles. The number of rotatable bonds is 10. The third kappa shape index (κ3) is 7.78. The Labute approximate surface area is 180 Å². The first kappa shape index (κ1) is 22.3. The first-order chi connectivity index (χ1) is 14.8. The van der Waals surface area contributed by atoms with Gasteiger partial charge in [0, 0.05) is 32.7 Å². The van der Waals surface area contributed by atoms with E-state index in [-0.39, 0.29) is 0 Å². The lowest BCUT2D eigenvalue weighted by molar-refractivity contribution is 0.0341. The molecule has 1 fully saturated rings. The smallest absolute Gasteiger partial charge is 0.191 e. The molecular formula is C24H34N4O2. The second-order valence-corrected chi connectivity index (χ2v) is 7.32. The molecule has 1 heterocycles. The van der Waals surface area contributed by atoms with Gasteiger partial charge in [-0.15, -0.1) is 0 Å². The molecule has 0 saturated carbocycles. The average molecular weight is 411 g/mol. The number of morpholine rings is 1. The van der Waals surface area contributed by atoms with Crippen molar-refractivity contribution in [1.82, 2.24) is 15.5 Å². The van der Waals surface area contributed by atoms with E-state index in [1.165, 1.54) is 16.7 Å². The van der Waals surface area contributed by atoms with Crippen LogP contribution in [0, 0.1) is 0 Å². The molecule has 0 amide bonds. The SMILES string of the molecule is CCNC(=NCc1ccccc1CN1CCOCC1)NCCOCc1ccccc1. The minimum atomic E-state index is 0.630. The fourth-order valence-corrected chi connectivity index (χ4v) is 3.38. The van der Waals surface area contributed by atoms with Crippen molar-refractivity contribution < 1.29 is 9.47 Å². The minimum Gasteiger partial charge on any atom is -0.379 e. The molecule has 2 aromatic carbocycles. The standard InChI is InChI=1S/C24H34N4O2/c1-2-25-24(26-12-15-30-20-21-8-4-3-5-9-21)27-18-22-10-6-7-11-23(22)19-28-13-16-29-17-14-28/h3-11H,2,12-20H2,1H3,(H2,25,26,27). The predicted octanol–water partition coefficient (Wildman–Crippen LogP) is 2.79. The average Bonchev–Trinajstić information content (AvgIpc) is 2.79. The van der Waals surface area contributed by atoms with E-state index in [1.807, 2.05) is 18.2 Å². The van der Waals surface area contributed by atoms with Gasteiger partial charge >= 0.3 is 0 Å². The largest absolute Gasteiger partial charge is 0.379 e. The predicted molar refractivity (Wildman–Crippen MR) is 121 cm³/mol. The van der Waals surface area contributed by atoms with Crippen molar-refractivity contribution >= 4 is 5.96 Å². The van der Waals surface area contributed by atoms with Crippen LogP contribution in [0.3, 0.4) is 0 Å². The normalized spacial score (nSPS) is 15.2. The number of nitrogens with one attached hydrogen (secondary N) is 2. The van der Waals surface area contributed by atoms with Crippen molar-refractivity contribution in [2.45, 2.75) is 26.6 Å². The summed E-state index contributed by atoms with van der Waals surface area (Å²) in [7, 11) is 0. The fourth-order valence-electron chi connectivity index (χ4n) is 3.38. The molecule has 0 unspecified atom stereocenters. The van der Waals surface area contributed by atoms with E-state index in [4.69, 9.17) is 14.5 Å². The van der Waals surface area contributed by atoms with Gasteiger partial charge in [0.25, 0.3) is 0 Å². The third-order valence-corrected chi connectivity index (χ3v) is 5.02. The summed E-state index contributed by atoms with van der Waals surface area (Å²) in [6.45, 7) is 10.1. The maximum Gasteiger partial charge on any atom is 0.191 e. The Morgan fingerprint density at radius 1 is 1.00 bits per heavy atom. The van der Waals surface area contributed by atoms with E-state index in [0.717, 1.165) is 45.4 Å². The van der Waals surface area contributed by atoms with Crippen molar-refractivity contribution in [1.29, 1.82) is 0 Å². The zero-order valence-corrected chi connectivity index (χ0v) is 18.0. The molecule has 162 valence electrons. The van der Waals surface area contributed by atoms with Crippen LogP contribution >= 0.6 is 0 Å². The molecule has 3 rings (SSSR count). The van der Waals surface area contributed by atoms with Crippen molar-refractivity contribution in [3.05, 3.63) is 71.3 Å². The molecular weight excluding hydrogens is 376 g/mol. The lowest BCUT2D eigenvalue weighted by Gasteiger charge is -2.27. The van der Waals surface area contributed by atoms with Gasteiger partial charge in [0.05, 0.1) is 33.0 Å². The van der Waals surface area contributed by atoms with Crippen LogP contribution in [-0.2, 0) is 29.2 Å². The Kier molecular flexibility index (Phi) is 9.66. The van der Waals surface area contributed by atoms with Crippen LogP contribution in [0.15, 0.2) is 59.6 Å². The second-order valence-electron chi connectivity index (χ2n) is 7.32. The van der Waals surface area contributed by atoms with E-state index in [2.05, 4.69) is 58.9 Å². The molecule has 6 nitrogen and oxygen atoms in total. The highest BCUT2D eigenvalue weighted by Gasteiger charge is 2.12. The van der Waals surface area contributed by atoms with Crippen LogP contribution in [-0.4, -0.2) is 56.9 Å². The zero-order valence-electron chi connectivity index (χ0n) is 18.0. The fraction of sp³-hybridized carbons (Fsp3) is 0.458. The Morgan fingerprint density at radius 2 is 1.73 bits per heavy atom. The lowest BCUT2D eigenvalue weighted by Crippen LogP contribution is -2.39. The molecule has 0 atom stereocenters. The van der Waals surface area contributed by atoms with Gasteiger partial charge in [0.15, 0.2) is 5.96 Å². The van der Waals surface area contributed by atoms with Crippen LogP contribution in [0.25, 0.3) is 0 Å². The second kappa shape index (κ2) is 13.0. The molecule has 30 heavy (non-hydrogen) atoms. The van der Waals surface area contributed by atoms with Gasteiger partial charge in [-0.3, -0.25) is 4.90 Å². The highest BCUT2D eigenvalue weighted by atomic mass is 16.5. The van der Waals surface area contributed by atoms with Crippen molar-refractivity contribution in [3.63, 3.8) is 0 Å². The molecule has 1 saturated heterocycles. The third-order valence-electron chi connectivity index (χ3n) is 5.02. The molecule has 0 spiro atoms. The highest BCUT2D eigenvalue weighted by molar-refractivity contribution is 5.79. The van der Waals surface area contributed by atoms with Crippen molar-refractivity contribution in [2.75, 3.05) is 46.0 Å². The van der Waals surface area contributed by atoms with Gasteiger partial charge in [-0.05, 0) is 23.6 Å². The van der Waals surface area contributed by atoms with Crippen LogP contribution in [0.4, 0.5) is 0 Å². The number of hydrogen-bond donors (Lipinski definition) is 2. The molecule has 2 N–H and O–H groups in total. The number of guanidine groups is 1. The van der Waals surface area contributed by atoms with Gasteiger partial charge in [0.1, 0.15) is 0 Å². The summed E-state index contributed by atoms with van der Waals surface area (Å²) in [5, 5.41) is 6.68. The van der Waals surface area contributed by atoms with Gasteiger partial charge < -0.3 is 20.1 Å². The summed E-state index contributed by atoms with van der Waals surface area (Å²) >= 11 is 0. The van der Waals surface area contributed by atoms with Crippen molar-refractivity contribution in [2.24, 2.45) is 4.99 Å². The van der Waals surface area contributed by atoms with E-state index in [0.29, 0.717) is 26.3 Å². The quantitative estimate of drug-likeness (QED) is 0.358. The molecule has 6 heteroatoms. The van der Waals surface area contributed by atoms with E-state index in [9.17, 15) is 0 Å². The first-order valence-corrected chi connectivity index (χ1v) is 10.9. The van der Waals surface area contributed by atoms with Crippen LogP contribution in [0.5, 0.6) is 0 Å². The number of ether oxygens (including phenoxy) is 2. The summed E-state index contributed by atoms with van der Waals surface area (Å²) in [6, 6.07) is 18.8. The summed E-state index contributed by atoms with van der Waals surface area (Å²) in [5.41, 5.74) is 3.79. The maximum absolute atomic E-state index is 5.75. The number of hydrogen-bond acceptors (Lipinski definition) is 4. The number of benzene rings is 2. The van der Waals surface area contributed by atoms with Crippen LogP contribution < -0.4 is 10.6 Å². The molecule has 2 aromatic rings. The van der Waals surface area contributed by atoms with Crippen LogP contribution in [0.2, 0.25) is 0 Å². The topological polar surface area (TPSA) is 58.1 Å². The molecule has 1 aliphatic heterocycles. The maximum atomic E-state index is 5.75. The highest BCUT2D eigenvalue weighted by Crippen LogP contribution is 2.14. The number of aliphatic imine (C=N–C) groups is 1. The van der Waals surface area contributed by atoms with E-state index < -0.39 is 0 Å². The van der Waals surface area contributed by atoms with E-state index >= 15 is 0 Å². The Bertz CT molecular complexity index is 761. The Balaban J connectivity index is 1.47. The molecule has 1 aliphatic rings. The molecule has 0 aliphatic carbocycles. The van der Waals surface area contributed by atoms with Gasteiger partial charge in [-0.1, -0.05) is 54.6 Å². The Hall–Kier alpha value is -2.41. The van der Waals surface area contributed by atoms with Crippen molar-refractivity contribution in [3.8, 4) is 0 Å². The number of nitrogens with zero attached hydrogens (tertiary/aromatic N) is 2. The van der Waals surface area contributed by atoms with Gasteiger partial charge in [-0.2, -0.15) is 0 Å². The summed E-state index contributed by atoms with van der Waals surface area (Å²) in [5.74, 6) is 0.821. The monoisotopic (exact) mass is 410 g/mol. The van der Waals surface area contributed by atoms with Crippen LogP contribution in [0.1, 0.15) is 23.6 Å². The lowest BCUT2D eigenvalue weighted by atomic mass is 10.1. The summed E-state index contributed by atoms with van der Waals surface area (Å²) in [6.07, 6.45) is 0. The van der Waals surface area contributed by atoms with Gasteiger partial charge in [-0.25, -0.2) is 4.99 Å². The summed E-state index contributed by atoms with van der Waals surface area (Å²) < 4.78 is 11.2. The first-order valence-electron chi connectivity index (χ1n) is 10.9. The Morgan fingerprint density at radius 3 is 2.50 bits per heavy atom. The molecule has 0 radical (unpaired) electrons. The summed E-state index contributed by atoms with van der Waals surface area (Å²) in [4.78, 5) is 7.23. The zero-order chi connectivity index (χ0) is 20.9. The molecule has 0 bridgehead atoms. The van der Waals surface area contributed by atoms with Gasteiger partial charge in [0.2, 0.25) is 0 Å².